The first-order valence-electron chi connectivity index (χ1n) is 5.59. The molecule has 0 bridgehead atoms. The lowest BCUT2D eigenvalue weighted by Crippen LogP contribution is -1.89. The van der Waals surface area contributed by atoms with E-state index >= 15 is 0 Å². The van der Waals surface area contributed by atoms with Gasteiger partial charge in [-0.3, -0.25) is 0 Å². The lowest BCUT2D eigenvalue weighted by Gasteiger charge is -2.12. The van der Waals surface area contributed by atoms with E-state index in [1.807, 2.05) is 32.9 Å². The highest BCUT2D eigenvalue weighted by atomic mass is 16.3. The number of benzene rings is 2. The second-order valence-corrected chi connectivity index (χ2v) is 4.46. The van der Waals surface area contributed by atoms with Gasteiger partial charge in [-0.2, -0.15) is 0 Å². The van der Waals surface area contributed by atoms with Crippen molar-refractivity contribution >= 4 is 0 Å². The molecule has 0 amide bonds. The van der Waals surface area contributed by atoms with Gasteiger partial charge in [-0.15, -0.1) is 0 Å². The second kappa shape index (κ2) is 4.13. The molecule has 0 atom stereocenters. The Morgan fingerprint density at radius 1 is 0.882 bits per heavy atom. The summed E-state index contributed by atoms with van der Waals surface area (Å²) in [5.74, 6) is 0.536. The van der Waals surface area contributed by atoms with Crippen LogP contribution in [0, 0.1) is 20.8 Å². The van der Waals surface area contributed by atoms with Gasteiger partial charge >= 0.3 is 0 Å². The second-order valence-electron chi connectivity index (χ2n) is 4.46. The zero-order valence-corrected chi connectivity index (χ0v) is 10.3. The van der Waals surface area contributed by atoms with E-state index in [2.05, 4.69) is 0 Å². The van der Waals surface area contributed by atoms with Gasteiger partial charge in [0.15, 0.2) is 0 Å². The van der Waals surface area contributed by atoms with Crippen molar-refractivity contribution in [1.82, 2.24) is 0 Å². The Labute approximate surface area is 101 Å². The summed E-state index contributed by atoms with van der Waals surface area (Å²) >= 11 is 0. The maximum absolute atomic E-state index is 9.76. The Kier molecular flexibility index (Phi) is 2.80. The molecule has 0 heterocycles. The first-order valence-corrected chi connectivity index (χ1v) is 5.59. The molecule has 0 saturated carbocycles. The zero-order valence-electron chi connectivity index (χ0n) is 10.3. The Morgan fingerprint density at radius 2 is 1.59 bits per heavy atom. The predicted molar refractivity (Wildman–Crippen MR) is 69.4 cm³/mol. The molecule has 0 fully saturated rings. The van der Waals surface area contributed by atoms with Crippen LogP contribution in [-0.2, 0) is 0 Å². The smallest absolute Gasteiger partial charge is 0.119 e. The minimum atomic E-state index is 0.252. The van der Waals surface area contributed by atoms with E-state index in [1.54, 1.807) is 18.2 Å². The van der Waals surface area contributed by atoms with Crippen molar-refractivity contribution in [2.75, 3.05) is 0 Å². The van der Waals surface area contributed by atoms with Crippen LogP contribution in [0.2, 0.25) is 0 Å². The fourth-order valence-electron chi connectivity index (χ4n) is 2.19. The lowest BCUT2D eigenvalue weighted by molar-refractivity contribution is 0.470. The molecular formula is C15H16O2. The van der Waals surface area contributed by atoms with Crippen LogP contribution in [-0.4, -0.2) is 10.2 Å². The van der Waals surface area contributed by atoms with Gasteiger partial charge in [-0.05, 0) is 66.8 Å². The first kappa shape index (κ1) is 11.5. The number of aromatic hydroxyl groups is 2. The Bertz CT molecular complexity index is 551. The van der Waals surface area contributed by atoms with Crippen molar-refractivity contribution in [3.05, 3.63) is 47.0 Å². The van der Waals surface area contributed by atoms with E-state index in [9.17, 15) is 10.2 Å². The Balaban J connectivity index is 2.72. The summed E-state index contributed by atoms with van der Waals surface area (Å²) in [5, 5.41) is 19.4. The van der Waals surface area contributed by atoms with Crippen molar-refractivity contribution in [1.29, 1.82) is 0 Å². The van der Waals surface area contributed by atoms with Gasteiger partial charge < -0.3 is 10.2 Å². The van der Waals surface area contributed by atoms with E-state index in [0.717, 1.165) is 27.8 Å². The third-order valence-electron chi connectivity index (χ3n) is 3.00. The molecule has 0 saturated heterocycles. The highest BCUT2D eigenvalue weighted by molar-refractivity contribution is 5.74. The number of rotatable bonds is 1. The summed E-state index contributed by atoms with van der Waals surface area (Å²) in [4.78, 5) is 0. The molecular weight excluding hydrogens is 212 g/mol. The summed E-state index contributed by atoms with van der Waals surface area (Å²) in [7, 11) is 0. The van der Waals surface area contributed by atoms with Gasteiger partial charge in [-0.1, -0.05) is 12.1 Å². The van der Waals surface area contributed by atoms with Gasteiger partial charge in [0, 0.05) is 0 Å². The van der Waals surface area contributed by atoms with E-state index < -0.39 is 0 Å². The third-order valence-corrected chi connectivity index (χ3v) is 3.00. The van der Waals surface area contributed by atoms with Crippen LogP contribution in [0.4, 0.5) is 0 Å². The van der Waals surface area contributed by atoms with E-state index in [1.165, 1.54) is 0 Å². The molecule has 2 heteroatoms. The highest BCUT2D eigenvalue weighted by Gasteiger charge is 2.10. The van der Waals surface area contributed by atoms with Crippen LogP contribution in [0.1, 0.15) is 16.7 Å². The average Bonchev–Trinajstić information content (AvgIpc) is 2.23. The molecule has 2 nitrogen and oxygen atoms in total. The number of aryl methyl sites for hydroxylation is 2. The number of hydrogen-bond donors (Lipinski definition) is 2. The van der Waals surface area contributed by atoms with Crippen molar-refractivity contribution in [3.8, 4) is 22.6 Å². The van der Waals surface area contributed by atoms with Crippen LogP contribution in [0.5, 0.6) is 11.5 Å². The normalized spacial score (nSPS) is 10.5. The van der Waals surface area contributed by atoms with Gasteiger partial charge in [0.1, 0.15) is 11.5 Å². The first-order chi connectivity index (χ1) is 7.99. The molecule has 2 rings (SSSR count). The molecule has 0 unspecified atom stereocenters. The Morgan fingerprint density at radius 3 is 2.24 bits per heavy atom. The molecule has 0 aliphatic heterocycles. The topological polar surface area (TPSA) is 40.5 Å². The molecule has 0 aromatic heterocycles. The fraction of sp³-hybridized carbons (Fsp3) is 0.200. The maximum atomic E-state index is 9.76. The van der Waals surface area contributed by atoms with Crippen molar-refractivity contribution in [2.24, 2.45) is 0 Å². The molecule has 0 aliphatic carbocycles. The summed E-state index contributed by atoms with van der Waals surface area (Å²) < 4.78 is 0. The summed E-state index contributed by atoms with van der Waals surface area (Å²) in [6.07, 6.45) is 0. The van der Waals surface area contributed by atoms with Crippen LogP contribution in [0.25, 0.3) is 11.1 Å². The molecule has 2 aromatic carbocycles. The van der Waals surface area contributed by atoms with Crippen LogP contribution >= 0.6 is 0 Å². The lowest BCUT2D eigenvalue weighted by atomic mass is 9.94. The van der Waals surface area contributed by atoms with Gasteiger partial charge in [0.2, 0.25) is 0 Å². The van der Waals surface area contributed by atoms with Gasteiger partial charge in [-0.25, -0.2) is 0 Å². The van der Waals surface area contributed by atoms with Crippen molar-refractivity contribution < 1.29 is 10.2 Å². The predicted octanol–water partition coefficient (Wildman–Crippen LogP) is 3.69. The monoisotopic (exact) mass is 228 g/mol. The minimum absolute atomic E-state index is 0.252. The molecule has 0 aliphatic rings. The van der Waals surface area contributed by atoms with E-state index in [4.69, 9.17) is 0 Å². The van der Waals surface area contributed by atoms with Crippen LogP contribution in [0.15, 0.2) is 30.3 Å². The molecule has 17 heavy (non-hydrogen) atoms. The van der Waals surface area contributed by atoms with Crippen molar-refractivity contribution in [3.63, 3.8) is 0 Å². The summed E-state index contributed by atoms with van der Waals surface area (Å²) in [6, 6.07) is 9.04. The quantitative estimate of drug-likeness (QED) is 0.781. The summed E-state index contributed by atoms with van der Waals surface area (Å²) in [5.41, 5.74) is 4.86. The van der Waals surface area contributed by atoms with Crippen molar-refractivity contribution in [2.45, 2.75) is 20.8 Å². The highest BCUT2D eigenvalue weighted by Crippen LogP contribution is 2.34. The number of phenols is 2. The molecule has 88 valence electrons. The molecule has 2 N–H and O–H groups in total. The molecule has 0 radical (unpaired) electrons. The van der Waals surface area contributed by atoms with E-state index in [-0.39, 0.29) is 11.5 Å². The standard InChI is InChI=1S/C15H16O2/c1-9-6-12(8-13(16)7-9)15-10(2)4-5-14(17)11(15)3/h4-8,16-17H,1-3H3. The molecule has 0 spiro atoms. The van der Waals surface area contributed by atoms with Gasteiger partial charge in [0.05, 0.1) is 0 Å². The SMILES string of the molecule is Cc1cc(O)cc(-c2c(C)ccc(O)c2C)c1. The number of hydrogen-bond acceptors (Lipinski definition) is 2. The Hall–Kier alpha value is -1.96. The summed E-state index contributed by atoms with van der Waals surface area (Å²) in [6.45, 7) is 5.83. The largest absolute Gasteiger partial charge is 0.508 e. The van der Waals surface area contributed by atoms with E-state index in [0.29, 0.717) is 0 Å². The van der Waals surface area contributed by atoms with Gasteiger partial charge in [0.25, 0.3) is 0 Å². The van der Waals surface area contributed by atoms with Crippen LogP contribution in [0.3, 0.4) is 0 Å². The molecule has 2 aromatic rings. The average molecular weight is 228 g/mol. The third kappa shape index (κ3) is 2.11. The fourth-order valence-corrected chi connectivity index (χ4v) is 2.19. The van der Waals surface area contributed by atoms with Crippen LogP contribution < -0.4 is 0 Å². The maximum Gasteiger partial charge on any atom is 0.119 e. The minimum Gasteiger partial charge on any atom is -0.508 e. The zero-order chi connectivity index (χ0) is 12.6. The number of phenolic OH excluding ortho intramolecular Hbond substituents is 2.